The Hall–Kier alpha value is -2.82. The summed E-state index contributed by atoms with van der Waals surface area (Å²) in [4.78, 5) is 13.3. The van der Waals surface area contributed by atoms with Crippen molar-refractivity contribution >= 4 is 22.4 Å². The summed E-state index contributed by atoms with van der Waals surface area (Å²) in [5.41, 5.74) is 3.65. The quantitative estimate of drug-likeness (QED) is 0.616. The second-order valence-corrected chi connectivity index (χ2v) is 6.23. The lowest BCUT2D eigenvalue weighted by Crippen LogP contribution is -2.36. The topological polar surface area (TPSA) is 20.3 Å². The number of amides is 1. The molecule has 1 aliphatic rings. The predicted octanol–water partition coefficient (Wildman–Crippen LogP) is 5.34. The SMILES string of the molecule is Cc1ccc(-c2ccc3c4c(cccc24)C(=O)N3CC(F)(F)F)cc1. The lowest BCUT2D eigenvalue weighted by Gasteiger charge is -2.19. The minimum absolute atomic E-state index is 0.323. The molecule has 0 N–H and O–H groups in total. The van der Waals surface area contributed by atoms with Gasteiger partial charge in [-0.1, -0.05) is 48.0 Å². The maximum atomic E-state index is 12.9. The van der Waals surface area contributed by atoms with E-state index in [0.717, 1.165) is 27.0 Å². The largest absolute Gasteiger partial charge is 0.406 e. The molecule has 0 fully saturated rings. The van der Waals surface area contributed by atoms with Gasteiger partial charge in [0.15, 0.2) is 0 Å². The van der Waals surface area contributed by atoms with Gasteiger partial charge >= 0.3 is 6.18 Å². The Morgan fingerprint density at radius 1 is 0.920 bits per heavy atom. The van der Waals surface area contributed by atoms with Gasteiger partial charge in [0.05, 0.1) is 5.69 Å². The number of rotatable bonds is 2. The molecular weight excluding hydrogens is 327 g/mol. The van der Waals surface area contributed by atoms with E-state index >= 15 is 0 Å². The van der Waals surface area contributed by atoms with Crippen LogP contribution in [0, 0.1) is 6.92 Å². The van der Waals surface area contributed by atoms with E-state index in [-0.39, 0.29) is 0 Å². The summed E-state index contributed by atoms with van der Waals surface area (Å²) >= 11 is 0. The van der Waals surface area contributed by atoms with Crippen LogP contribution in [0.25, 0.3) is 21.9 Å². The molecule has 1 heterocycles. The highest BCUT2D eigenvalue weighted by Crippen LogP contribution is 2.42. The first-order valence-electron chi connectivity index (χ1n) is 7.86. The molecule has 0 aliphatic carbocycles. The summed E-state index contributed by atoms with van der Waals surface area (Å²) in [6, 6.07) is 16.5. The summed E-state index contributed by atoms with van der Waals surface area (Å²) in [6.45, 7) is 0.713. The van der Waals surface area contributed by atoms with Gasteiger partial charge in [-0.05, 0) is 35.6 Å². The van der Waals surface area contributed by atoms with Gasteiger partial charge in [-0.2, -0.15) is 13.2 Å². The second kappa shape index (κ2) is 5.34. The van der Waals surface area contributed by atoms with Gasteiger partial charge in [0, 0.05) is 10.9 Å². The fourth-order valence-electron chi connectivity index (χ4n) is 3.37. The number of halogens is 3. The molecule has 1 aliphatic heterocycles. The lowest BCUT2D eigenvalue weighted by atomic mass is 9.95. The van der Waals surface area contributed by atoms with Crippen molar-refractivity contribution in [3.05, 3.63) is 65.7 Å². The van der Waals surface area contributed by atoms with Crippen molar-refractivity contribution in [2.75, 3.05) is 11.4 Å². The van der Waals surface area contributed by atoms with Crippen molar-refractivity contribution < 1.29 is 18.0 Å². The maximum absolute atomic E-state index is 12.9. The monoisotopic (exact) mass is 341 g/mol. The van der Waals surface area contributed by atoms with Crippen LogP contribution in [0.1, 0.15) is 15.9 Å². The molecule has 25 heavy (non-hydrogen) atoms. The van der Waals surface area contributed by atoms with Crippen molar-refractivity contribution in [1.82, 2.24) is 0 Å². The van der Waals surface area contributed by atoms with Crippen LogP contribution in [-0.2, 0) is 0 Å². The molecule has 0 radical (unpaired) electrons. The summed E-state index contributed by atoms with van der Waals surface area (Å²) in [5, 5.41) is 1.38. The van der Waals surface area contributed by atoms with E-state index in [9.17, 15) is 18.0 Å². The maximum Gasteiger partial charge on any atom is 0.406 e. The molecule has 0 unspecified atom stereocenters. The molecular formula is C20H14F3NO. The number of aryl methyl sites for hydroxylation is 1. The van der Waals surface area contributed by atoms with E-state index in [1.54, 1.807) is 24.3 Å². The average Bonchev–Trinajstić information content (AvgIpc) is 2.82. The number of hydrogen-bond donors (Lipinski definition) is 0. The van der Waals surface area contributed by atoms with Crippen molar-refractivity contribution in [3.63, 3.8) is 0 Å². The average molecular weight is 341 g/mol. The van der Waals surface area contributed by atoms with Crippen LogP contribution in [0.5, 0.6) is 0 Å². The number of benzene rings is 3. The minimum atomic E-state index is -4.44. The Balaban J connectivity index is 1.93. The molecule has 3 aromatic carbocycles. The van der Waals surface area contributed by atoms with Gasteiger partial charge in [-0.25, -0.2) is 0 Å². The van der Waals surface area contributed by atoms with Crippen molar-refractivity contribution in [2.24, 2.45) is 0 Å². The third-order valence-corrected chi connectivity index (χ3v) is 4.48. The van der Waals surface area contributed by atoms with Crippen LogP contribution in [0.15, 0.2) is 54.6 Å². The molecule has 126 valence electrons. The fraction of sp³-hybridized carbons (Fsp3) is 0.150. The number of alkyl halides is 3. The number of carbonyl (C=O) groups excluding carboxylic acids is 1. The van der Waals surface area contributed by atoms with Crippen LogP contribution >= 0.6 is 0 Å². The van der Waals surface area contributed by atoms with E-state index in [1.807, 2.05) is 37.3 Å². The van der Waals surface area contributed by atoms with E-state index in [1.165, 1.54) is 0 Å². The first-order chi connectivity index (χ1) is 11.8. The molecule has 0 spiro atoms. The predicted molar refractivity (Wildman–Crippen MR) is 91.9 cm³/mol. The summed E-state index contributed by atoms with van der Waals surface area (Å²) in [7, 11) is 0. The van der Waals surface area contributed by atoms with Gasteiger partial charge in [-0.3, -0.25) is 9.69 Å². The van der Waals surface area contributed by atoms with Gasteiger partial charge in [-0.15, -0.1) is 0 Å². The van der Waals surface area contributed by atoms with Crippen molar-refractivity contribution in [1.29, 1.82) is 0 Å². The molecule has 0 aromatic heterocycles. The van der Waals surface area contributed by atoms with Crippen LogP contribution in [0.3, 0.4) is 0 Å². The van der Waals surface area contributed by atoms with Gasteiger partial charge in [0.1, 0.15) is 6.54 Å². The highest BCUT2D eigenvalue weighted by Gasteiger charge is 2.39. The Morgan fingerprint density at radius 3 is 2.32 bits per heavy atom. The molecule has 4 rings (SSSR count). The molecule has 5 heteroatoms. The summed E-state index contributed by atoms with van der Waals surface area (Å²) in [5.74, 6) is -0.598. The van der Waals surface area contributed by atoms with Gasteiger partial charge < -0.3 is 0 Å². The first kappa shape index (κ1) is 15.7. The zero-order valence-electron chi connectivity index (χ0n) is 13.4. The summed E-state index contributed by atoms with van der Waals surface area (Å²) < 4.78 is 38.6. The molecule has 3 aromatic rings. The van der Waals surface area contributed by atoms with Gasteiger partial charge in [0.25, 0.3) is 5.91 Å². The second-order valence-electron chi connectivity index (χ2n) is 6.23. The molecule has 1 amide bonds. The van der Waals surface area contributed by atoms with E-state index in [4.69, 9.17) is 0 Å². The highest BCUT2D eigenvalue weighted by molar-refractivity contribution is 6.26. The molecule has 2 nitrogen and oxygen atoms in total. The number of hydrogen-bond acceptors (Lipinski definition) is 1. The number of anilines is 1. The molecule has 0 atom stereocenters. The smallest absolute Gasteiger partial charge is 0.299 e. The Bertz CT molecular complexity index is 990. The Kier molecular flexibility index (Phi) is 3.35. The van der Waals surface area contributed by atoms with Crippen LogP contribution < -0.4 is 4.90 Å². The third-order valence-electron chi connectivity index (χ3n) is 4.48. The van der Waals surface area contributed by atoms with E-state index in [0.29, 0.717) is 16.6 Å². The lowest BCUT2D eigenvalue weighted by molar-refractivity contribution is -0.118. The minimum Gasteiger partial charge on any atom is -0.299 e. The standard InChI is InChI=1S/C20H14F3NO/c1-12-5-7-13(8-6-12)14-9-10-17-18-15(14)3-2-4-16(18)19(25)24(17)11-20(21,22)23/h2-10H,11H2,1H3. The normalized spacial score (nSPS) is 13.8. The number of carbonyl (C=O) groups is 1. The first-order valence-corrected chi connectivity index (χ1v) is 7.86. The Labute approximate surface area is 142 Å². The Morgan fingerprint density at radius 2 is 1.64 bits per heavy atom. The number of nitrogens with zero attached hydrogens (tertiary/aromatic N) is 1. The molecule has 0 saturated carbocycles. The zero-order chi connectivity index (χ0) is 17.8. The van der Waals surface area contributed by atoms with Gasteiger partial charge in [0.2, 0.25) is 0 Å². The van der Waals surface area contributed by atoms with Crippen LogP contribution in [0.4, 0.5) is 18.9 Å². The third kappa shape index (κ3) is 2.56. The highest BCUT2D eigenvalue weighted by atomic mass is 19.4. The van der Waals surface area contributed by atoms with Crippen LogP contribution in [-0.4, -0.2) is 18.6 Å². The van der Waals surface area contributed by atoms with E-state index < -0.39 is 18.6 Å². The molecule has 0 bridgehead atoms. The van der Waals surface area contributed by atoms with Crippen molar-refractivity contribution in [3.8, 4) is 11.1 Å². The van der Waals surface area contributed by atoms with Crippen LogP contribution in [0.2, 0.25) is 0 Å². The molecule has 0 saturated heterocycles. The van der Waals surface area contributed by atoms with E-state index in [2.05, 4.69) is 0 Å². The zero-order valence-corrected chi connectivity index (χ0v) is 13.4. The fourth-order valence-corrected chi connectivity index (χ4v) is 3.37. The summed E-state index contributed by atoms with van der Waals surface area (Å²) in [6.07, 6.45) is -4.44. The van der Waals surface area contributed by atoms with Crippen molar-refractivity contribution in [2.45, 2.75) is 13.1 Å².